The van der Waals surface area contributed by atoms with Crippen molar-refractivity contribution in [3.8, 4) is 0 Å². The highest BCUT2D eigenvalue weighted by Crippen LogP contribution is 2.43. The van der Waals surface area contributed by atoms with Gasteiger partial charge in [-0.2, -0.15) is 4.39 Å². The number of aromatic nitrogens is 2. The molecule has 1 aromatic heterocycles. The van der Waals surface area contributed by atoms with Gasteiger partial charge in [0.2, 0.25) is 5.95 Å². The fraction of sp³-hybridized carbons (Fsp3) is 0.467. The van der Waals surface area contributed by atoms with E-state index in [1.54, 1.807) is 4.68 Å². The van der Waals surface area contributed by atoms with Crippen LogP contribution in [-0.2, 0) is 14.0 Å². The van der Waals surface area contributed by atoms with Crippen molar-refractivity contribution in [2.24, 2.45) is 11.3 Å². The number of carbonyl (C=O) groups is 1. The van der Waals surface area contributed by atoms with E-state index < -0.39 is 13.1 Å². The van der Waals surface area contributed by atoms with Crippen LogP contribution in [0.3, 0.4) is 0 Å². The van der Waals surface area contributed by atoms with Gasteiger partial charge in [0, 0.05) is 30.8 Å². The summed E-state index contributed by atoms with van der Waals surface area (Å²) in [5, 5.41) is 4.71. The van der Waals surface area contributed by atoms with Crippen molar-refractivity contribution in [1.82, 2.24) is 9.78 Å². The van der Waals surface area contributed by atoms with Crippen molar-refractivity contribution >= 4 is 29.9 Å². The largest absolute Gasteiger partial charge is 0.490 e. The van der Waals surface area contributed by atoms with Gasteiger partial charge in [0.25, 0.3) is 0 Å². The normalized spacial score (nSPS) is 22.7. The number of ether oxygens (including phenoxy) is 1. The second-order valence-corrected chi connectivity index (χ2v) is 11.6. The Hall–Kier alpha value is -2.81. The zero-order valence-electron chi connectivity index (χ0n) is 22.1. The fourth-order valence-electron chi connectivity index (χ4n) is 5.73. The van der Waals surface area contributed by atoms with Crippen LogP contribution in [0.15, 0.2) is 47.9 Å². The molecule has 0 bridgehead atoms. The molecule has 8 heteroatoms. The van der Waals surface area contributed by atoms with E-state index in [0.29, 0.717) is 36.7 Å². The van der Waals surface area contributed by atoms with Gasteiger partial charge in [-0.25, -0.2) is 4.68 Å². The van der Waals surface area contributed by atoms with E-state index in [9.17, 15) is 4.79 Å². The van der Waals surface area contributed by atoms with Gasteiger partial charge in [0.15, 0.2) is 6.23 Å². The van der Waals surface area contributed by atoms with Crippen molar-refractivity contribution in [2.45, 2.75) is 58.6 Å². The molecule has 1 unspecified atom stereocenters. The van der Waals surface area contributed by atoms with E-state index in [2.05, 4.69) is 18.9 Å². The molecular formula is C30H34BFN2O4. The minimum Gasteiger partial charge on any atom is -0.407 e. The summed E-state index contributed by atoms with van der Waals surface area (Å²) in [4.78, 5) is 11.4. The molecule has 0 N–H and O–H groups in total. The summed E-state index contributed by atoms with van der Waals surface area (Å²) < 4.78 is 35.6. The molecule has 3 aromatic rings. The van der Waals surface area contributed by atoms with Crippen LogP contribution in [0.25, 0.3) is 16.5 Å². The molecule has 1 aliphatic carbocycles. The SMILES string of the molecule is CC1(C)COB(C(=C(c2ccc(C=O)cc2)c2ccc3c(c2)c(F)nn3C2CCCCO2)C2CCC2)OC1. The van der Waals surface area contributed by atoms with Crippen LogP contribution < -0.4 is 0 Å². The Morgan fingerprint density at radius 3 is 2.39 bits per heavy atom. The molecule has 6 nitrogen and oxygen atoms in total. The quantitative estimate of drug-likeness (QED) is 0.281. The second-order valence-electron chi connectivity index (χ2n) is 11.6. The number of benzene rings is 2. The maximum Gasteiger partial charge on any atom is 0.490 e. The van der Waals surface area contributed by atoms with E-state index in [4.69, 9.17) is 14.0 Å². The Kier molecular flexibility index (Phi) is 6.97. The molecule has 38 heavy (non-hydrogen) atoms. The van der Waals surface area contributed by atoms with Gasteiger partial charge in [0.05, 0.1) is 10.9 Å². The summed E-state index contributed by atoms with van der Waals surface area (Å²) in [5.74, 6) is -0.176. The smallest absolute Gasteiger partial charge is 0.407 e. The molecule has 198 valence electrons. The third-order valence-electron chi connectivity index (χ3n) is 8.05. The van der Waals surface area contributed by atoms with E-state index in [0.717, 1.165) is 72.5 Å². The van der Waals surface area contributed by atoms with Gasteiger partial charge in [-0.3, -0.25) is 4.79 Å². The first-order valence-electron chi connectivity index (χ1n) is 13.8. The number of carbonyl (C=O) groups excluding carboxylic acids is 1. The van der Waals surface area contributed by atoms with Crippen LogP contribution in [0.4, 0.5) is 4.39 Å². The molecule has 0 spiro atoms. The molecular weight excluding hydrogens is 482 g/mol. The van der Waals surface area contributed by atoms with Crippen LogP contribution >= 0.6 is 0 Å². The van der Waals surface area contributed by atoms with E-state index in [-0.39, 0.29) is 11.6 Å². The summed E-state index contributed by atoms with van der Waals surface area (Å²) >= 11 is 0. The first-order valence-corrected chi connectivity index (χ1v) is 13.8. The Morgan fingerprint density at radius 1 is 1.03 bits per heavy atom. The van der Waals surface area contributed by atoms with Crippen molar-refractivity contribution in [2.75, 3.05) is 19.8 Å². The standard InChI is InChI=1S/C30H34BFN2O4/c1-30(2)18-37-31(38-19-30)28(22-6-5-7-22)27(21-11-9-20(17-35)10-12-21)23-13-14-25-24(16-23)29(32)33-34(25)26-8-3-4-15-36-26/h9-14,16-17,22,26H,3-8,15,18-19H2,1-2H3. The summed E-state index contributed by atoms with van der Waals surface area (Å²) in [7, 11) is -0.465. The van der Waals surface area contributed by atoms with E-state index in [1.165, 1.54) is 0 Å². The van der Waals surface area contributed by atoms with Crippen LogP contribution in [0.2, 0.25) is 0 Å². The maximum absolute atomic E-state index is 15.3. The highest BCUT2D eigenvalue weighted by Gasteiger charge is 2.41. The number of halogens is 1. The summed E-state index contributed by atoms with van der Waals surface area (Å²) in [6, 6.07) is 13.5. The molecule has 2 saturated heterocycles. The van der Waals surface area contributed by atoms with Crippen molar-refractivity contribution in [3.05, 3.63) is 70.6 Å². The van der Waals surface area contributed by atoms with Crippen LogP contribution in [0.5, 0.6) is 0 Å². The summed E-state index contributed by atoms with van der Waals surface area (Å²) in [6.07, 6.45) is 6.76. The Bertz CT molecular complexity index is 1350. The van der Waals surface area contributed by atoms with Gasteiger partial charge in [-0.1, -0.05) is 50.6 Å². The number of fused-ring (bicyclic) bond motifs is 1. The molecule has 1 atom stereocenters. The van der Waals surface area contributed by atoms with E-state index in [1.807, 2.05) is 42.5 Å². The number of aldehydes is 1. The number of nitrogens with zero attached hydrogens (tertiary/aromatic N) is 2. The van der Waals surface area contributed by atoms with Gasteiger partial charge in [-0.15, -0.1) is 5.10 Å². The Morgan fingerprint density at radius 2 is 1.76 bits per heavy atom. The van der Waals surface area contributed by atoms with Crippen molar-refractivity contribution < 1.29 is 23.2 Å². The van der Waals surface area contributed by atoms with Gasteiger partial charge in [-0.05, 0) is 72.3 Å². The molecule has 6 rings (SSSR count). The van der Waals surface area contributed by atoms with E-state index >= 15 is 4.39 Å². The third-order valence-corrected chi connectivity index (χ3v) is 8.05. The lowest BCUT2D eigenvalue weighted by atomic mass is 9.59. The highest BCUT2D eigenvalue weighted by molar-refractivity contribution is 6.56. The predicted molar refractivity (Wildman–Crippen MR) is 145 cm³/mol. The topological polar surface area (TPSA) is 62.6 Å². The summed E-state index contributed by atoms with van der Waals surface area (Å²) in [5.41, 5.74) is 5.22. The molecule has 2 aliphatic heterocycles. The molecule has 1 saturated carbocycles. The molecule has 3 aliphatic rings. The second kappa shape index (κ2) is 10.4. The third kappa shape index (κ3) is 4.85. The summed E-state index contributed by atoms with van der Waals surface area (Å²) in [6.45, 7) is 6.15. The zero-order valence-corrected chi connectivity index (χ0v) is 22.1. The first-order chi connectivity index (χ1) is 18.4. The molecule has 0 radical (unpaired) electrons. The molecule has 3 heterocycles. The average Bonchev–Trinajstić information content (AvgIpc) is 3.24. The average molecular weight is 516 g/mol. The lowest BCUT2D eigenvalue weighted by Gasteiger charge is -2.39. The Balaban J connectivity index is 1.50. The van der Waals surface area contributed by atoms with Gasteiger partial charge in [0.1, 0.15) is 6.29 Å². The number of hydrogen-bond acceptors (Lipinski definition) is 5. The minimum absolute atomic E-state index is 0.0508. The number of rotatable bonds is 6. The molecule has 2 aromatic carbocycles. The van der Waals surface area contributed by atoms with Crippen molar-refractivity contribution in [1.29, 1.82) is 0 Å². The number of hydrogen-bond donors (Lipinski definition) is 0. The number of allylic oxidation sites excluding steroid dienone is 1. The van der Waals surface area contributed by atoms with Crippen molar-refractivity contribution in [3.63, 3.8) is 0 Å². The monoisotopic (exact) mass is 516 g/mol. The lowest BCUT2D eigenvalue weighted by molar-refractivity contribution is -0.0375. The molecule has 3 fully saturated rings. The predicted octanol–water partition coefficient (Wildman–Crippen LogP) is 6.39. The molecule has 0 amide bonds. The zero-order chi connectivity index (χ0) is 26.3. The fourth-order valence-corrected chi connectivity index (χ4v) is 5.73. The van der Waals surface area contributed by atoms with Crippen LogP contribution in [0.1, 0.15) is 80.1 Å². The van der Waals surface area contributed by atoms with Gasteiger partial charge < -0.3 is 14.0 Å². The van der Waals surface area contributed by atoms with Crippen LogP contribution in [-0.4, -0.2) is 43.0 Å². The maximum atomic E-state index is 15.3. The van der Waals surface area contributed by atoms with Gasteiger partial charge >= 0.3 is 7.12 Å². The minimum atomic E-state index is -0.496. The Labute approximate surface area is 223 Å². The van der Waals surface area contributed by atoms with Crippen LogP contribution in [0, 0.1) is 17.3 Å². The highest BCUT2D eigenvalue weighted by atomic mass is 19.1. The first kappa shape index (κ1) is 25.5. The lowest BCUT2D eigenvalue weighted by Crippen LogP contribution is -2.44.